The maximum Gasteiger partial charge on any atom is 0.459 e. The SMILES string of the molecule is CN(C(=O)c1cc(-c2cc(-c3c(C(F)(F)F)c(C(F)(F)C(F)(F)F)nn3C)no2)sc1C#N)C1(C#N)CC1. The molecule has 1 amide bonds. The molecular formula is C21H12F8N6O2S. The van der Waals surface area contributed by atoms with Crippen molar-refractivity contribution in [2.45, 2.75) is 36.7 Å². The summed E-state index contributed by atoms with van der Waals surface area (Å²) in [6.45, 7) is 0. The van der Waals surface area contributed by atoms with Gasteiger partial charge >= 0.3 is 18.3 Å². The summed E-state index contributed by atoms with van der Waals surface area (Å²) in [6.07, 6.45) is -11.2. The molecule has 8 nitrogen and oxygen atoms in total. The molecule has 3 heterocycles. The van der Waals surface area contributed by atoms with E-state index in [9.17, 15) is 50.4 Å². The minimum Gasteiger partial charge on any atom is -0.355 e. The first-order valence-electron chi connectivity index (χ1n) is 10.3. The zero-order valence-electron chi connectivity index (χ0n) is 19.0. The van der Waals surface area contributed by atoms with Crippen LogP contribution in [0, 0.1) is 22.7 Å². The molecule has 0 atom stereocenters. The van der Waals surface area contributed by atoms with Crippen molar-refractivity contribution in [2.24, 2.45) is 7.05 Å². The molecule has 0 spiro atoms. The number of rotatable bonds is 5. The standard InChI is InChI=1S/C21H12F8N6O2S/c1-34(18(8-31)3-4-18)17(36)9-5-12(38-13(9)7-30)11-6-10(33-37-11)15-14(20(24,25)26)16(32-35(15)2)19(22,23)21(27,28)29/h5-6H,3-4H2,1-2H3. The molecule has 1 aliphatic rings. The number of thiophene rings is 1. The number of halogens is 8. The number of carbonyl (C=O) groups is 1. The highest BCUT2D eigenvalue weighted by Crippen LogP contribution is 2.50. The fourth-order valence-corrected chi connectivity index (χ4v) is 4.61. The highest BCUT2D eigenvalue weighted by molar-refractivity contribution is 7.16. The third-order valence-corrected chi connectivity index (χ3v) is 6.98. The summed E-state index contributed by atoms with van der Waals surface area (Å²) in [5.41, 5.74) is -8.04. The number of hydrogen-bond donors (Lipinski definition) is 0. The molecule has 1 fully saturated rings. The number of nitriles is 2. The van der Waals surface area contributed by atoms with Gasteiger partial charge in [0.05, 0.1) is 16.5 Å². The minimum absolute atomic E-state index is 0.0235. The van der Waals surface area contributed by atoms with E-state index in [-0.39, 0.29) is 25.8 Å². The number of aromatic nitrogens is 3. The lowest BCUT2D eigenvalue weighted by atomic mass is 10.0. The van der Waals surface area contributed by atoms with Gasteiger partial charge in [-0.05, 0) is 18.9 Å². The number of aryl methyl sites for hydroxylation is 1. The first kappa shape index (κ1) is 27.1. The average molecular weight is 564 g/mol. The van der Waals surface area contributed by atoms with Crippen LogP contribution in [0.25, 0.3) is 22.0 Å². The van der Waals surface area contributed by atoms with E-state index < -0.39 is 52.4 Å². The molecule has 0 unspecified atom stereocenters. The van der Waals surface area contributed by atoms with Crippen molar-refractivity contribution >= 4 is 17.2 Å². The van der Waals surface area contributed by atoms with Crippen molar-refractivity contribution in [3.8, 4) is 34.2 Å². The zero-order chi connectivity index (χ0) is 28.4. The van der Waals surface area contributed by atoms with Gasteiger partial charge < -0.3 is 9.42 Å². The summed E-state index contributed by atoms with van der Waals surface area (Å²) in [4.78, 5) is 14.0. The second-order valence-electron chi connectivity index (χ2n) is 8.31. The summed E-state index contributed by atoms with van der Waals surface area (Å²) >= 11 is 0.694. The largest absolute Gasteiger partial charge is 0.459 e. The van der Waals surface area contributed by atoms with Crippen LogP contribution in [0.4, 0.5) is 35.1 Å². The lowest BCUT2D eigenvalue weighted by Crippen LogP contribution is -2.38. The van der Waals surface area contributed by atoms with Gasteiger partial charge in [0.15, 0.2) is 11.5 Å². The predicted octanol–water partition coefficient (Wildman–Crippen LogP) is 5.48. The lowest BCUT2D eigenvalue weighted by molar-refractivity contribution is -0.292. The van der Waals surface area contributed by atoms with E-state index in [1.165, 1.54) is 18.0 Å². The maximum atomic E-state index is 13.9. The Labute approximate surface area is 211 Å². The normalized spacial score (nSPS) is 15.2. The third kappa shape index (κ3) is 4.16. The molecule has 0 saturated heterocycles. The first-order valence-corrected chi connectivity index (χ1v) is 11.1. The van der Waals surface area contributed by atoms with Crippen molar-refractivity contribution in [1.82, 2.24) is 19.8 Å². The number of alkyl halides is 8. The molecule has 3 aromatic heterocycles. The zero-order valence-corrected chi connectivity index (χ0v) is 19.8. The van der Waals surface area contributed by atoms with Crippen molar-refractivity contribution in [1.29, 1.82) is 10.5 Å². The second kappa shape index (κ2) is 8.52. The fourth-order valence-electron chi connectivity index (χ4n) is 3.71. The highest BCUT2D eigenvalue weighted by Gasteiger charge is 2.64. The van der Waals surface area contributed by atoms with Crippen LogP contribution in [0.5, 0.6) is 0 Å². The first-order chi connectivity index (χ1) is 17.5. The fraction of sp³-hybridized carbons (Fsp3) is 0.381. The van der Waals surface area contributed by atoms with Crippen molar-refractivity contribution in [2.75, 3.05) is 7.05 Å². The van der Waals surface area contributed by atoms with E-state index in [4.69, 9.17) is 4.52 Å². The maximum absolute atomic E-state index is 13.9. The van der Waals surface area contributed by atoms with Crippen molar-refractivity contribution in [3.63, 3.8) is 0 Å². The van der Waals surface area contributed by atoms with Crippen molar-refractivity contribution < 1.29 is 44.4 Å². The quantitative estimate of drug-likeness (QED) is 0.380. The summed E-state index contributed by atoms with van der Waals surface area (Å²) in [5, 5.41) is 25.0. The molecule has 1 saturated carbocycles. The molecule has 0 bridgehead atoms. The van der Waals surface area contributed by atoms with E-state index in [1.54, 1.807) is 6.07 Å². The van der Waals surface area contributed by atoms with Gasteiger partial charge in [-0.3, -0.25) is 9.48 Å². The Morgan fingerprint density at radius 2 is 1.79 bits per heavy atom. The number of carbonyl (C=O) groups excluding carboxylic acids is 1. The summed E-state index contributed by atoms with van der Waals surface area (Å²) < 4.78 is 113. The van der Waals surface area contributed by atoms with Crippen LogP contribution in [0.15, 0.2) is 16.7 Å². The van der Waals surface area contributed by atoms with Gasteiger partial charge in [-0.25, -0.2) is 0 Å². The average Bonchev–Trinajstić information content (AvgIpc) is 3.14. The molecule has 1 aliphatic carbocycles. The molecule has 4 rings (SSSR count). The van der Waals surface area contributed by atoms with Gasteiger partial charge in [0.1, 0.15) is 33.4 Å². The summed E-state index contributed by atoms with van der Waals surface area (Å²) in [7, 11) is 2.10. The van der Waals surface area contributed by atoms with Crippen LogP contribution in [-0.2, 0) is 19.1 Å². The van der Waals surface area contributed by atoms with Crippen LogP contribution in [0.3, 0.4) is 0 Å². The van der Waals surface area contributed by atoms with Gasteiger partial charge in [0.25, 0.3) is 5.91 Å². The van der Waals surface area contributed by atoms with Crippen LogP contribution < -0.4 is 0 Å². The Morgan fingerprint density at radius 3 is 2.29 bits per heavy atom. The van der Waals surface area contributed by atoms with E-state index in [0.717, 1.165) is 13.1 Å². The molecule has 17 heteroatoms. The van der Waals surface area contributed by atoms with E-state index in [1.807, 2.05) is 6.07 Å². The van der Waals surface area contributed by atoms with Crippen LogP contribution >= 0.6 is 11.3 Å². The van der Waals surface area contributed by atoms with Gasteiger partial charge in [-0.2, -0.15) is 50.7 Å². The van der Waals surface area contributed by atoms with Crippen LogP contribution in [0.1, 0.15) is 39.3 Å². The molecule has 3 aromatic rings. The Kier molecular flexibility index (Phi) is 6.07. The Hall–Kier alpha value is -3.99. The summed E-state index contributed by atoms with van der Waals surface area (Å²) in [5.74, 6) is -6.91. The Balaban J connectivity index is 1.79. The minimum atomic E-state index is -6.36. The van der Waals surface area contributed by atoms with Crippen LogP contribution in [-0.4, -0.2) is 44.5 Å². The van der Waals surface area contributed by atoms with Gasteiger partial charge in [0, 0.05) is 20.2 Å². The van der Waals surface area contributed by atoms with Crippen LogP contribution in [0.2, 0.25) is 0 Å². The predicted molar refractivity (Wildman–Crippen MR) is 111 cm³/mol. The molecule has 0 aliphatic heterocycles. The second-order valence-corrected chi connectivity index (χ2v) is 9.37. The van der Waals surface area contributed by atoms with Gasteiger partial charge in [-0.15, -0.1) is 11.3 Å². The molecule has 0 radical (unpaired) electrons. The Bertz CT molecular complexity index is 1510. The topological polar surface area (TPSA) is 112 Å². The molecule has 200 valence electrons. The monoisotopic (exact) mass is 564 g/mol. The van der Waals surface area contributed by atoms with E-state index in [2.05, 4.69) is 10.3 Å². The van der Waals surface area contributed by atoms with E-state index >= 15 is 0 Å². The molecule has 38 heavy (non-hydrogen) atoms. The third-order valence-electron chi connectivity index (χ3n) is 5.92. The molecule has 0 N–H and O–H groups in total. The highest BCUT2D eigenvalue weighted by atomic mass is 32.1. The number of nitrogens with zero attached hydrogens (tertiary/aromatic N) is 6. The molecular weight excluding hydrogens is 552 g/mol. The number of hydrogen-bond acceptors (Lipinski definition) is 7. The van der Waals surface area contributed by atoms with E-state index in [0.29, 0.717) is 24.2 Å². The Morgan fingerprint density at radius 1 is 1.16 bits per heavy atom. The van der Waals surface area contributed by atoms with Gasteiger partial charge in [-0.1, -0.05) is 5.16 Å². The van der Waals surface area contributed by atoms with Gasteiger partial charge in [0.2, 0.25) is 0 Å². The molecule has 0 aromatic carbocycles. The number of amides is 1. The smallest absolute Gasteiger partial charge is 0.355 e. The van der Waals surface area contributed by atoms with Crippen molar-refractivity contribution in [3.05, 3.63) is 33.8 Å². The lowest BCUT2D eigenvalue weighted by Gasteiger charge is -2.21. The summed E-state index contributed by atoms with van der Waals surface area (Å²) in [6, 6.07) is 5.81.